The van der Waals surface area contributed by atoms with E-state index in [0.717, 1.165) is 5.75 Å². The molecule has 0 saturated heterocycles. The minimum absolute atomic E-state index is 0.316. The molecule has 0 fully saturated rings. The van der Waals surface area contributed by atoms with Crippen molar-refractivity contribution in [2.24, 2.45) is 0 Å². The Morgan fingerprint density at radius 2 is 2.00 bits per heavy atom. The molecule has 1 aliphatic heterocycles. The molecule has 3 nitrogen and oxygen atoms in total. The van der Waals surface area contributed by atoms with Gasteiger partial charge < -0.3 is 15.2 Å². The van der Waals surface area contributed by atoms with Crippen molar-refractivity contribution >= 4 is 0 Å². The topological polar surface area (TPSA) is 42.3 Å². The molecule has 0 bridgehead atoms. The molecular formula is C8H8NO2-. The first-order valence-corrected chi connectivity index (χ1v) is 3.46. The number of hydrogen-bond acceptors (Lipinski definition) is 2. The van der Waals surface area contributed by atoms with Crippen LogP contribution in [0.25, 0.3) is 5.73 Å². The van der Waals surface area contributed by atoms with Crippen LogP contribution in [0.5, 0.6) is 11.5 Å². The Kier molecular flexibility index (Phi) is 1.43. The normalized spacial score (nSPS) is 21.4. The van der Waals surface area contributed by atoms with Gasteiger partial charge in [0.05, 0.1) is 0 Å². The zero-order valence-corrected chi connectivity index (χ0v) is 5.91. The number of ether oxygens (including phenoxy) is 2. The van der Waals surface area contributed by atoms with Gasteiger partial charge in [0.15, 0.2) is 11.5 Å². The van der Waals surface area contributed by atoms with Gasteiger partial charge in [-0.2, -0.15) is 0 Å². The number of nitrogens with one attached hydrogen (secondary N) is 1. The molecule has 1 heterocycles. The van der Waals surface area contributed by atoms with Gasteiger partial charge in [-0.25, -0.2) is 0 Å². The molecule has 0 amide bonds. The summed E-state index contributed by atoms with van der Waals surface area (Å²) in [5.41, 5.74) is 7.26. The van der Waals surface area contributed by atoms with Gasteiger partial charge in [0.25, 0.3) is 0 Å². The summed E-state index contributed by atoms with van der Waals surface area (Å²) < 4.78 is 10.4. The highest BCUT2D eigenvalue weighted by atomic mass is 16.6. The van der Waals surface area contributed by atoms with E-state index >= 15 is 0 Å². The lowest BCUT2D eigenvalue weighted by atomic mass is 10.3. The summed E-state index contributed by atoms with van der Waals surface area (Å²) in [4.78, 5) is 0. The summed E-state index contributed by atoms with van der Waals surface area (Å²) in [6.07, 6.45) is -0.579. The number of fused-ring (bicyclic) bond motifs is 1. The predicted molar refractivity (Wildman–Crippen MR) is 40.7 cm³/mol. The quantitative estimate of drug-likeness (QED) is 0.566. The molecule has 2 rings (SSSR count). The van der Waals surface area contributed by atoms with Crippen molar-refractivity contribution in [3.63, 3.8) is 0 Å². The third-order valence-corrected chi connectivity index (χ3v) is 1.51. The van der Waals surface area contributed by atoms with E-state index in [1.54, 1.807) is 6.07 Å². The van der Waals surface area contributed by atoms with E-state index in [4.69, 9.17) is 15.2 Å². The molecule has 1 N–H and O–H groups in total. The second-order valence-electron chi connectivity index (χ2n) is 2.36. The third-order valence-electron chi connectivity index (χ3n) is 1.51. The Labute approximate surface area is 64.7 Å². The molecule has 1 aromatic rings. The lowest BCUT2D eigenvalue weighted by Crippen LogP contribution is -2.24. The van der Waals surface area contributed by atoms with Crippen molar-refractivity contribution in [1.29, 1.82) is 0 Å². The molecule has 1 aromatic carbocycles. The predicted octanol–water partition coefficient (Wildman–Crippen LogP) is 1.84. The summed E-state index contributed by atoms with van der Waals surface area (Å²) in [5, 5.41) is 0. The van der Waals surface area contributed by atoms with E-state index in [9.17, 15) is 0 Å². The van der Waals surface area contributed by atoms with Gasteiger partial charge in [0.1, 0.15) is 6.61 Å². The first kappa shape index (κ1) is 6.49. The molecule has 58 valence electrons. The second kappa shape index (κ2) is 2.43. The van der Waals surface area contributed by atoms with Crippen molar-refractivity contribution in [3.8, 4) is 11.5 Å². The molecule has 3 heteroatoms. The standard InChI is InChI=1S/C8H8NO2/c9-8-5-10-6-3-1-2-4-7(6)11-8/h1-4,8-9H,5H2/q-1. The highest BCUT2D eigenvalue weighted by molar-refractivity contribution is 5.40. The van der Waals surface area contributed by atoms with Crippen LogP contribution in [0.1, 0.15) is 0 Å². The van der Waals surface area contributed by atoms with E-state index in [1.807, 2.05) is 18.2 Å². The third kappa shape index (κ3) is 1.14. The average Bonchev–Trinajstić information content (AvgIpc) is 2.04. The molecule has 1 atom stereocenters. The fraction of sp³-hybridized carbons (Fsp3) is 0.250. The van der Waals surface area contributed by atoms with Crippen molar-refractivity contribution in [2.45, 2.75) is 6.23 Å². The van der Waals surface area contributed by atoms with Crippen LogP contribution in [0.15, 0.2) is 24.3 Å². The van der Waals surface area contributed by atoms with Crippen LogP contribution in [0.3, 0.4) is 0 Å². The van der Waals surface area contributed by atoms with Gasteiger partial charge >= 0.3 is 0 Å². The van der Waals surface area contributed by atoms with Gasteiger partial charge in [-0.1, -0.05) is 12.1 Å². The summed E-state index contributed by atoms with van der Waals surface area (Å²) in [7, 11) is 0. The van der Waals surface area contributed by atoms with Crippen LogP contribution >= 0.6 is 0 Å². The van der Waals surface area contributed by atoms with E-state index in [-0.39, 0.29) is 0 Å². The minimum Gasteiger partial charge on any atom is -0.638 e. The number of rotatable bonds is 0. The van der Waals surface area contributed by atoms with Crippen molar-refractivity contribution < 1.29 is 9.47 Å². The zero-order valence-electron chi connectivity index (χ0n) is 5.91. The summed E-state index contributed by atoms with van der Waals surface area (Å²) >= 11 is 0. The molecule has 0 radical (unpaired) electrons. The smallest absolute Gasteiger partial charge is 0.161 e. The molecular weight excluding hydrogens is 142 g/mol. The van der Waals surface area contributed by atoms with Gasteiger partial charge in [0.2, 0.25) is 0 Å². The van der Waals surface area contributed by atoms with Crippen molar-refractivity contribution in [3.05, 3.63) is 30.0 Å². The van der Waals surface area contributed by atoms with Gasteiger partial charge in [-0.3, -0.25) is 0 Å². The Hall–Kier alpha value is -1.22. The molecule has 0 aliphatic carbocycles. The van der Waals surface area contributed by atoms with Crippen molar-refractivity contribution in [1.82, 2.24) is 0 Å². The Balaban J connectivity index is 2.34. The second-order valence-corrected chi connectivity index (χ2v) is 2.36. The largest absolute Gasteiger partial charge is 0.638 e. The number of hydrogen-bond donors (Lipinski definition) is 0. The molecule has 0 spiro atoms. The highest BCUT2D eigenvalue weighted by Gasteiger charge is 2.11. The average molecular weight is 150 g/mol. The zero-order chi connectivity index (χ0) is 7.68. The van der Waals surface area contributed by atoms with Crippen LogP contribution < -0.4 is 9.47 Å². The van der Waals surface area contributed by atoms with Crippen LogP contribution in [0.2, 0.25) is 0 Å². The summed E-state index contributed by atoms with van der Waals surface area (Å²) in [5.74, 6) is 1.40. The van der Waals surface area contributed by atoms with E-state index < -0.39 is 6.23 Å². The minimum atomic E-state index is -0.579. The van der Waals surface area contributed by atoms with Crippen LogP contribution in [-0.2, 0) is 0 Å². The van der Waals surface area contributed by atoms with Crippen molar-refractivity contribution in [2.75, 3.05) is 6.61 Å². The van der Waals surface area contributed by atoms with Gasteiger partial charge in [-0.15, -0.1) is 0 Å². The Morgan fingerprint density at radius 3 is 2.82 bits per heavy atom. The van der Waals surface area contributed by atoms with Crippen LogP contribution in [0.4, 0.5) is 0 Å². The van der Waals surface area contributed by atoms with E-state index in [1.165, 1.54) is 0 Å². The molecule has 0 saturated carbocycles. The first-order valence-electron chi connectivity index (χ1n) is 3.46. The van der Waals surface area contributed by atoms with Crippen LogP contribution in [-0.4, -0.2) is 12.8 Å². The van der Waals surface area contributed by atoms with Gasteiger partial charge in [-0.05, 0) is 12.1 Å². The lowest BCUT2D eigenvalue weighted by Gasteiger charge is -2.28. The molecule has 11 heavy (non-hydrogen) atoms. The maximum absolute atomic E-state index is 7.26. The Morgan fingerprint density at radius 1 is 1.27 bits per heavy atom. The van der Waals surface area contributed by atoms with E-state index in [0.29, 0.717) is 12.4 Å². The fourth-order valence-corrected chi connectivity index (χ4v) is 1.02. The SMILES string of the molecule is [NH-]C1COc2ccccc2O1. The van der Waals surface area contributed by atoms with Crippen LogP contribution in [0, 0.1) is 0 Å². The monoisotopic (exact) mass is 150 g/mol. The molecule has 1 unspecified atom stereocenters. The highest BCUT2D eigenvalue weighted by Crippen LogP contribution is 2.30. The van der Waals surface area contributed by atoms with E-state index in [2.05, 4.69) is 0 Å². The number of para-hydroxylation sites is 2. The number of benzene rings is 1. The molecule has 1 aliphatic rings. The summed E-state index contributed by atoms with van der Waals surface area (Å²) in [6, 6.07) is 7.38. The maximum Gasteiger partial charge on any atom is 0.161 e. The van der Waals surface area contributed by atoms with Gasteiger partial charge in [0, 0.05) is 6.23 Å². The first-order chi connectivity index (χ1) is 5.36. The fourth-order valence-electron chi connectivity index (χ4n) is 1.02. The lowest BCUT2D eigenvalue weighted by molar-refractivity contribution is 0.123. The Bertz CT molecular complexity index is 262. The molecule has 0 aromatic heterocycles. The maximum atomic E-state index is 7.26. The summed E-state index contributed by atoms with van der Waals surface area (Å²) in [6.45, 7) is 0.316.